The van der Waals surface area contributed by atoms with Gasteiger partial charge in [0.1, 0.15) is 0 Å². The first-order valence-corrected chi connectivity index (χ1v) is 8.99. The average molecular weight is 364 g/mol. The van der Waals surface area contributed by atoms with Crippen LogP contribution in [0.1, 0.15) is 16.1 Å². The Kier molecular flexibility index (Phi) is 5.70. The highest BCUT2D eigenvalue weighted by Crippen LogP contribution is 2.13. The molecule has 0 bridgehead atoms. The number of carbonyl (C=O) groups is 1. The fraction of sp³-hybridized carbons (Fsp3) is 0.312. The maximum atomic E-state index is 12.1. The van der Waals surface area contributed by atoms with Gasteiger partial charge >= 0.3 is 0 Å². The van der Waals surface area contributed by atoms with Gasteiger partial charge in [0.25, 0.3) is 11.5 Å². The summed E-state index contributed by atoms with van der Waals surface area (Å²) in [5.41, 5.74) is 0.796. The minimum Gasteiger partial charge on any atom is -0.350 e. The molecule has 8 nitrogen and oxygen atoms in total. The van der Waals surface area contributed by atoms with Crippen LogP contribution in [0.5, 0.6) is 0 Å². The second-order valence-electron chi connectivity index (χ2n) is 5.63. The van der Waals surface area contributed by atoms with Gasteiger partial charge in [-0.2, -0.15) is 0 Å². The summed E-state index contributed by atoms with van der Waals surface area (Å²) in [4.78, 5) is 28.0. The molecule has 1 aromatic carbocycles. The molecule has 0 spiro atoms. The summed E-state index contributed by atoms with van der Waals surface area (Å²) in [5, 5.41) is 2.68. The van der Waals surface area contributed by atoms with Crippen molar-refractivity contribution in [2.75, 3.05) is 20.6 Å². The number of nitrogens with zero attached hydrogens (tertiary/aromatic N) is 3. The van der Waals surface area contributed by atoms with Crippen LogP contribution >= 0.6 is 0 Å². The van der Waals surface area contributed by atoms with Gasteiger partial charge in [0.05, 0.1) is 11.2 Å². The number of carbonyl (C=O) groups excluding carboxylic acids is 1. The number of aromatic nitrogens is 2. The van der Waals surface area contributed by atoms with Crippen molar-refractivity contribution in [2.24, 2.45) is 0 Å². The molecule has 2 aromatic rings. The normalized spacial score (nSPS) is 11.5. The van der Waals surface area contributed by atoms with Gasteiger partial charge < -0.3 is 5.32 Å². The molecule has 0 saturated carbocycles. The lowest BCUT2D eigenvalue weighted by Crippen LogP contribution is -2.31. The summed E-state index contributed by atoms with van der Waals surface area (Å²) in [5.74, 6) is -0.345. The van der Waals surface area contributed by atoms with E-state index in [1.54, 1.807) is 6.92 Å². The zero-order valence-corrected chi connectivity index (χ0v) is 15.1. The van der Waals surface area contributed by atoms with Crippen molar-refractivity contribution in [1.82, 2.24) is 19.2 Å². The van der Waals surface area contributed by atoms with Gasteiger partial charge in [0.2, 0.25) is 10.0 Å². The summed E-state index contributed by atoms with van der Waals surface area (Å²) < 4.78 is 26.5. The van der Waals surface area contributed by atoms with E-state index in [4.69, 9.17) is 0 Å². The Morgan fingerprint density at radius 2 is 1.88 bits per heavy atom. The number of rotatable bonds is 6. The molecular formula is C16H20N4O4S. The highest BCUT2D eigenvalue weighted by atomic mass is 32.2. The van der Waals surface area contributed by atoms with E-state index in [0.717, 1.165) is 4.31 Å². The van der Waals surface area contributed by atoms with Crippen molar-refractivity contribution >= 4 is 15.9 Å². The number of amides is 1. The topological polar surface area (TPSA) is 101 Å². The molecule has 0 unspecified atom stereocenters. The van der Waals surface area contributed by atoms with Gasteiger partial charge in [0.15, 0.2) is 0 Å². The van der Waals surface area contributed by atoms with E-state index in [-0.39, 0.29) is 22.9 Å². The third kappa shape index (κ3) is 4.52. The Balaban J connectivity index is 1.98. The lowest BCUT2D eigenvalue weighted by Gasteiger charge is -2.12. The molecule has 0 fully saturated rings. The van der Waals surface area contributed by atoms with Crippen LogP contribution in [-0.4, -0.2) is 48.8 Å². The van der Waals surface area contributed by atoms with Crippen LogP contribution in [0.25, 0.3) is 0 Å². The van der Waals surface area contributed by atoms with Crippen molar-refractivity contribution < 1.29 is 13.2 Å². The van der Waals surface area contributed by atoms with Gasteiger partial charge in [-0.15, -0.1) is 0 Å². The Hall–Kier alpha value is -2.52. The molecule has 9 heteroatoms. The van der Waals surface area contributed by atoms with E-state index < -0.39 is 10.0 Å². The largest absolute Gasteiger partial charge is 0.350 e. The van der Waals surface area contributed by atoms with E-state index >= 15 is 0 Å². The third-order valence-corrected chi connectivity index (χ3v) is 5.38. The molecule has 1 N–H and O–H groups in total. The Morgan fingerprint density at radius 3 is 2.44 bits per heavy atom. The molecule has 2 rings (SSSR count). The molecule has 0 radical (unpaired) electrons. The van der Waals surface area contributed by atoms with Crippen LogP contribution < -0.4 is 10.9 Å². The molecule has 0 atom stereocenters. The Labute approximate surface area is 146 Å². The third-order valence-electron chi connectivity index (χ3n) is 3.55. The summed E-state index contributed by atoms with van der Waals surface area (Å²) >= 11 is 0. The van der Waals surface area contributed by atoms with Crippen LogP contribution in [0.15, 0.2) is 46.3 Å². The van der Waals surface area contributed by atoms with Crippen LogP contribution in [0.4, 0.5) is 0 Å². The van der Waals surface area contributed by atoms with Gasteiger partial charge in [0, 0.05) is 44.5 Å². The number of nitrogens with one attached hydrogen (secondary N) is 1. The summed E-state index contributed by atoms with van der Waals surface area (Å²) in [6.45, 7) is 2.28. The van der Waals surface area contributed by atoms with Crippen LogP contribution in [0, 0.1) is 6.92 Å². The first-order chi connectivity index (χ1) is 11.7. The maximum absolute atomic E-state index is 12.1. The monoisotopic (exact) mass is 364 g/mol. The van der Waals surface area contributed by atoms with Crippen molar-refractivity contribution in [3.8, 4) is 0 Å². The van der Waals surface area contributed by atoms with Crippen molar-refractivity contribution in [3.63, 3.8) is 0 Å². The summed E-state index contributed by atoms with van der Waals surface area (Å²) in [6.07, 6.45) is 1.44. The molecule has 1 aromatic heterocycles. The number of benzene rings is 1. The summed E-state index contributed by atoms with van der Waals surface area (Å²) in [7, 11) is -0.639. The average Bonchev–Trinajstić information content (AvgIpc) is 2.56. The molecular weight excluding hydrogens is 344 g/mol. The van der Waals surface area contributed by atoms with Crippen molar-refractivity contribution in [3.05, 3.63) is 58.3 Å². The predicted octanol–water partition coefficient (Wildman–Crippen LogP) is 0.232. The minimum atomic E-state index is -3.52. The summed E-state index contributed by atoms with van der Waals surface area (Å²) in [6, 6.07) is 7.10. The number of sulfonamides is 1. The lowest BCUT2D eigenvalue weighted by molar-refractivity contribution is 0.0952. The van der Waals surface area contributed by atoms with E-state index in [0.29, 0.717) is 17.8 Å². The van der Waals surface area contributed by atoms with E-state index in [2.05, 4.69) is 10.3 Å². The van der Waals surface area contributed by atoms with Gasteiger partial charge in [-0.3, -0.25) is 14.2 Å². The smallest absolute Gasteiger partial charge is 0.253 e. The second-order valence-corrected chi connectivity index (χ2v) is 7.78. The van der Waals surface area contributed by atoms with Gasteiger partial charge in [-0.1, -0.05) is 0 Å². The van der Waals surface area contributed by atoms with Gasteiger partial charge in [-0.25, -0.2) is 17.7 Å². The molecule has 0 aliphatic heterocycles. The minimum absolute atomic E-state index is 0.117. The molecule has 134 valence electrons. The zero-order chi connectivity index (χ0) is 18.6. The fourth-order valence-corrected chi connectivity index (χ4v) is 2.97. The van der Waals surface area contributed by atoms with Crippen molar-refractivity contribution in [2.45, 2.75) is 18.4 Å². The second kappa shape index (κ2) is 7.58. The Morgan fingerprint density at radius 1 is 1.24 bits per heavy atom. The van der Waals surface area contributed by atoms with E-state index in [9.17, 15) is 18.0 Å². The standard InChI is InChI=1S/C16H20N4O4S/c1-12-10-15(21)20(11-18-12)9-8-17-16(22)13-4-6-14(7-5-13)25(23,24)19(2)3/h4-7,10-11H,8-9H2,1-3H3,(H,17,22). The lowest BCUT2D eigenvalue weighted by atomic mass is 10.2. The Bertz CT molecular complexity index is 918. The molecule has 0 saturated heterocycles. The number of aryl methyl sites for hydroxylation is 1. The number of hydrogen-bond acceptors (Lipinski definition) is 5. The van der Waals surface area contributed by atoms with E-state index in [1.165, 1.54) is 55.3 Å². The number of hydrogen-bond donors (Lipinski definition) is 1. The maximum Gasteiger partial charge on any atom is 0.253 e. The molecule has 1 heterocycles. The first kappa shape index (κ1) is 18.8. The molecule has 1 amide bonds. The van der Waals surface area contributed by atoms with Crippen LogP contribution in [-0.2, 0) is 16.6 Å². The SMILES string of the molecule is Cc1cc(=O)n(CCNC(=O)c2ccc(S(=O)(=O)N(C)C)cc2)cn1. The molecule has 0 aliphatic rings. The van der Waals surface area contributed by atoms with Gasteiger partial charge in [-0.05, 0) is 31.2 Å². The first-order valence-electron chi connectivity index (χ1n) is 7.55. The van der Waals surface area contributed by atoms with Crippen LogP contribution in [0.3, 0.4) is 0 Å². The molecule has 0 aliphatic carbocycles. The van der Waals surface area contributed by atoms with Crippen LogP contribution in [0.2, 0.25) is 0 Å². The zero-order valence-electron chi connectivity index (χ0n) is 14.3. The predicted molar refractivity (Wildman–Crippen MR) is 92.9 cm³/mol. The van der Waals surface area contributed by atoms with E-state index in [1.807, 2.05) is 0 Å². The highest BCUT2D eigenvalue weighted by molar-refractivity contribution is 7.89. The quantitative estimate of drug-likeness (QED) is 0.791. The highest BCUT2D eigenvalue weighted by Gasteiger charge is 2.17. The van der Waals surface area contributed by atoms with Crippen molar-refractivity contribution in [1.29, 1.82) is 0 Å². The fourth-order valence-electron chi connectivity index (χ4n) is 2.07. The molecule has 25 heavy (non-hydrogen) atoms.